The number of benzene rings is 1. The summed E-state index contributed by atoms with van der Waals surface area (Å²) in [6.45, 7) is 2.61. The van der Waals surface area contributed by atoms with Crippen LogP contribution in [0.5, 0.6) is 0 Å². The van der Waals surface area contributed by atoms with Gasteiger partial charge in [0.05, 0.1) is 16.1 Å². The summed E-state index contributed by atoms with van der Waals surface area (Å²) in [5.74, 6) is 0.702. The van der Waals surface area contributed by atoms with Gasteiger partial charge in [-0.1, -0.05) is 28.8 Å². The second-order valence-electron chi connectivity index (χ2n) is 6.39. The van der Waals surface area contributed by atoms with Crippen molar-refractivity contribution >= 4 is 27.5 Å². The predicted molar refractivity (Wildman–Crippen MR) is 95.6 cm³/mol. The molecule has 0 radical (unpaired) electrons. The molecule has 0 unspecified atom stereocenters. The Morgan fingerprint density at radius 1 is 1.36 bits per heavy atom. The Balaban J connectivity index is 1.60. The maximum absolute atomic E-state index is 12.9. The molecule has 0 saturated carbocycles. The Bertz CT molecular complexity index is 971. The van der Waals surface area contributed by atoms with Crippen LogP contribution in [0.4, 0.5) is 0 Å². The van der Waals surface area contributed by atoms with Gasteiger partial charge in [-0.15, -0.1) is 0 Å². The average Bonchev–Trinajstić information content (AvgIpc) is 3.19. The van der Waals surface area contributed by atoms with Crippen LogP contribution in [0.1, 0.15) is 36.8 Å². The summed E-state index contributed by atoms with van der Waals surface area (Å²) in [4.78, 5) is 27.2. The molecule has 2 aromatic heterocycles. The molecule has 4 rings (SSSR count). The summed E-state index contributed by atoms with van der Waals surface area (Å²) in [5, 5.41) is 4.77. The van der Waals surface area contributed by atoms with Crippen LogP contribution < -0.4 is 5.56 Å². The lowest BCUT2D eigenvalue weighted by molar-refractivity contribution is -0.135. The zero-order chi connectivity index (χ0) is 17.4. The molecule has 7 heteroatoms. The van der Waals surface area contributed by atoms with Crippen molar-refractivity contribution in [3.05, 3.63) is 52.1 Å². The third-order valence-electron chi connectivity index (χ3n) is 4.64. The Morgan fingerprint density at radius 3 is 2.96 bits per heavy atom. The molecular weight excluding hydrogens is 338 g/mol. The predicted octanol–water partition coefficient (Wildman–Crippen LogP) is 3.11. The fraction of sp³-hybridized carbons (Fsp3) is 0.389. The maximum Gasteiger partial charge on any atom is 0.268 e. The van der Waals surface area contributed by atoms with Crippen molar-refractivity contribution < 1.29 is 9.32 Å². The van der Waals surface area contributed by atoms with Gasteiger partial charge in [-0.05, 0) is 38.3 Å². The van der Waals surface area contributed by atoms with Gasteiger partial charge in [0, 0.05) is 12.6 Å². The van der Waals surface area contributed by atoms with Gasteiger partial charge in [0.25, 0.3) is 5.56 Å². The molecule has 1 fully saturated rings. The highest BCUT2D eigenvalue weighted by Gasteiger charge is 2.30. The number of carbonyl (C=O) groups excluding carboxylic acids is 1. The minimum Gasteiger partial charge on any atom is -0.361 e. The fourth-order valence-electron chi connectivity index (χ4n) is 3.42. The number of piperidine rings is 1. The standard InChI is InChI=1S/C18H19N3O3S/c1-12-10-14(19-24-12)15-7-4-5-9-20(15)17(22)11-21-18(23)13-6-2-3-8-16(13)25-21/h2-3,6,8,10,15H,4-5,7,9,11H2,1H3/t15-/m1/s1. The largest absolute Gasteiger partial charge is 0.361 e. The Labute approximate surface area is 148 Å². The number of aromatic nitrogens is 2. The van der Waals surface area contributed by atoms with Crippen LogP contribution in [0, 0.1) is 6.92 Å². The average molecular weight is 357 g/mol. The summed E-state index contributed by atoms with van der Waals surface area (Å²) in [7, 11) is 0. The van der Waals surface area contributed by atoms with Crippen LogP contribution in [0.15, 0.2) is 39.6 Å². The highest BCUT2D eigenvalue weighted by molar-refractivity contribution is 7.13. The second-order valence-corrected chi connectivity index (χ2v) is 7.45. The van der Waals surface area contributed by atoms with E-state index in [4.69, 9.17) is 4.52 Å². The SMILES string of the molecule is Cc1cc([C@H]2CCCCN2C(=O)Cn2sc3ccccc3c2=O)no1. The molecule has 0 aliphatic carbocycles. The molecule has 0 bridgehead atoms. The summed E-state index contributed by atoms with van der Waals surface area (Å²) in [6, 6.07) is 9.28. The summed E-state index contributed by atoms with van der Waals surface area (Å²) in [6.07, 6.45) is 2.91. The molecule has 3 aromatic rings. The molecule has 1 aromatic carbocycles. The Hall–Kier alpha value is -2.41. The Morgan fingerprint density at radius 2 is 2.20 bits per heavy atom. The molecule has 0 N–H and O–H groups in total. The number of rotatable bonds is 3. The number of nitrogens with zero attached hydrogens (tertiary/aromatic N) is 3. The van der Waals surface area contributed by atoms with E-state index < -0.39 is 0 Å². The third kappa shape index (κ3) is 3.00. The Kier molecular flexibility index (Phi) is 4.17. The van der Waals surface area contributed by atoms with E-state index in [9.17, 15) is 9.59 Å². The topological polar surface area (TPSA) is 68.3 Å². The lowest BCUT2D eigenvalue weighted by Crippen LogP contribution is -2.41. The molecule has 6 nitrogen and oxygen atoms in total. The van der Waals surface area contributed by atoms with Gasteiger partial charge in [0.2, 0.25) is 5.91 Å². The molecule has 1 aliphatic heterocycles. The molecule has 25 heavy (non-hydrogen) atoms. The lowest BCUT2D eigenvalue weighted by Gasteiger charge is -2.34. The van der Waals surface area contributed by atoms with Gasteiger partial charge < -0.3 is 9.42 Å². The van der Waals surface area contributed by atoms with E-state index in [1.165, 1.54) is 11.5 Å². The van der Waals surface area contributed by atoms with Gasteiger partial charge in [-0.2, -0.15) is 0 Å². The number of fused-ring (bicyclic) bond motifs is 1. The van der Waals surface area contributed by atoms with Crippen molar-refractivity contribution in [2.24, 2.45) is 0 Å². The van der Waals surface area contributed by atoms with Gasteiger partial charge in [-0.3, -0.25) is 13.5 Å². The van der Waals surface area contributed by atoms with Crippen LogP contribution in [-0.4, -0.2) is 26.5 Å². The molecule has 1 aliphatic rings. The number of likely N-dealkylation sites (tertiary alicyclic amines) is 1. The van der Waals surface area contributed by atoms with E-state index >= 15 is 0 Å². The molecule has 1 amide bonds. The highest BCUT2D eigenvalue weighted by atomic mass is 32.1. The molecule has 1 atom stereocenters. The second kappa shape index (κ2) is 6.48. The maximum atomic E-state index is 12.9. The number of hydrogen-bond donors (Lipinski definition) is 0. The van der Waals surface area contributed by atoms with Crippen molar-refractivity contribution in [1.29, 1.82) is 0 Å². The molecular formula is C18H19N3O3S. The van der Waals surface area contributed by atoms with Crippen molar-refractivity contribution in [3.63, 3.8) is 0 Å². The number of hydrogen-bond acceptors (Lipinski definition) is 5. The minimum absolute atomic E-state index is 0.0426. The van der Waals surface area contributed by atoms with E-state index in [1.807, 2.05) is 36.1 Å². The van der Waals surface area contributed by atoms with Crippen molar-refractivity contribution in [2.75, 3.05) is 6.54 Å². The van der Waals surface area contributed by atoms with Crippen molar-refractivity contribution in [2.45, 2.75) is 38.8 Å². The van der Waals surface area contributed by atoms with Crippen LogP contribution in [0.25, 0.3) is 10.1 Å². The van der Waals surface area contributed by atoms with Gasteiger partial charge >= 0.3 is 0 Å². The first-order valence-electron chi connectivity index (χ1n) is 8.45. The first kappa shape index (κ1) is 16.1. The fourth-order valence-corrected chi connectivity index (χ4v) is 4.40. The van der Waals surface area contributed by atoms with Gasteiger partial charge in [0.15, 0.2) is 0 Å². The van der Waals surface area contributed by atoms with Gasteiger partial charge in [-0.25, -0.2) is 0 Å². The van der Waals surface area contributed by atoms with E-state index in [2.05, 4.69) is 5.16 Å². The summed E-state index contributed by atoms with van der Waals surface area (Å²) >= 11 is 1.34. The molecule has 130 valence electrons. The zero-order valence-corrected chi connectivity index (χ0v) is 14.8. The highest BCUT2D eigenvalue weighted by Crippen LogP contribution is 2.31. The van der Waals surface area contributed by atoms with E-state index in [-0.39, 0.29) is 24.1 Å². The molecule has 0 spiro atoms. The molecule has 3 heterocycles. The van der Waals surface area contributed by atoms with Crippen molar-refractivity contribution in [1.82, 2.24) is 14.0 Å². The zero-order valence-electron chi connectivity index (χ0n) is 14.0. The summed E-state index contributed by atoms with van der Waals surface area (Å²) < 4.78 is 7.64. The normalized spacial score (nSPS) is 18.0. The van der Waals surface area contributed by atoms with E-state index in [0.29, 0.717) is 11.9 Å². The van der Waals surface area contributed by atoms with Crippen LogP contribution in [0.2, 0.25) is 0 Å². The smallest absolute Gasteiger partial charge is 0.268 e. The number of carbonyl (C=O) groups is 1. The number of amides is 1. The minimum atomic E-state index is -0.0974. The van der Waals surface area contributed by atoms with Crippen molar-refractivity contribution in [3.8, 4) is 0 Å². The van der Waals surface area contributed by atoms with Crippen LogP contribution >= 0.6 is 11.5 Å². The molecule has 1 saturated heterocycles. The van der Waals surface area contributed by atoms with Gasteiger partial charge in [0.1, 0.15) is 18.0 Å². The van der Waals surface area contributed by atoms with E-state index in [1.54, 1.807) is 10.0 Å². The lowest BCUT2D eigenvalue weighted by atomic mass is 9.99. The van der Waals surface area contributed by atoms with E-state index in [0.717, 1.165) is 35.4 Å². The summed E-state index contributed by atoms with van der Waals surface area (Å²) in [5.41, 5.74) is 0.703. The quantitative estimate of drug-likeness (QED) is 0.722. The number of aryl methyl sites for hydroxylation is 1. The third-order valence-corrected chi connectivity index (χ3v) is 5.71. The first-order valence-corrected chi connectivity index (χ1v) is 9.22. The monoisotopic (exact) mass is 357 g/mol. The van der Waals surface area contributed by atoms with Crippen LogP contribution in [-0.2, 0) is 11.3 Å². The van der Waals surface area contributed by atoms with Crippen LogP contribution in [0.3, 0.4) is 0 Å². The first-order chi connectivity index (χ1) is 12.1.